The highest BCUT2D eigenvalue weighted by molar-refractivity contribution is 6.33. The van der Waals surface area contributed by atoms with Crippen LogP contribution in [-0.2, 0) is 9.59 Å². The van der Waals surface area contributed by atoms with Gasteiger partial charge in [-0.2, -0.15) is 10.2 Å². The van der Waals surface area contributed by atoms with Crippen LogP contribution >= 0.6 is 11.6 Å². The summed E-state index contributed by atoms with van der Waals surface area (Å²) < 4.78 is 0. The van der Waals surface area contributed by atoms with E-state index in [9.17, 15) is 9.59 Å². The van der Waals surface area contributed by atoms with E-state index in [1.807, 2.05) is 12.1 Å². The van der Waals surface area contributed by atoms with E-state index in [0.29, 0.717) is 17.2 Å². The average Bonchev–Trinajstić information content (AvgIpc) is 2.78. The number of nitrogens with zero attached hydrogens (tertiary/aromatic N) is 2. The van der Waals surface area contributed by atoms with Crippen LogP contribution in [0.1, 0.15) is 25.3 Å². The van der Waals surface area contributed by atoms with Gasteiger partial charge in [0.25, 0.3) is 0 Å². The second-order valence-electron chi connectivity index (χ2n) is 4.64. The monoisotopic (exact) mass is 306 g/mol. The third-order valence-electron chi connectivity index (χ3n) is 3.12. The van der Waals surface area contributed by atoms with Gasteiger partial charge in [0.1, 0.15) is 0 Å². The van der Waals surface area contributed by atoms with Crippen LogP contribution < -0.4 is 10.9 Å². The zero-order chi connectivity index (χ0) is 15.2. The van der Waals surface area contributed by atoms with Crippen LogP contribution in [0.2, 0.25) is 5.02 Å². The predicted octanol–water partition coefficient (Wildman–Crippen LogP) is 1.69. The summed E-state index contributed by atoms with van der Waals surface area (Å²) in [6, 6.07) is 7.18. The number of hydrazone groups is 2. The van der Waals surface area contributed by atoms with Gasteiger partial charge in [-0.15, -0.1) is 0 Å². The molecule has 1 aliphatic heterocycles. The number of nitrogens with one attached hydrogen (secondary N) is 2. The molecule has 0 radical (unpaired) electrons. The minimum Gasteiger partial charge on any atom is -0.273 e. The number of carbonyl (C=O) groups is 2. The summed E-state index contributed by atoms with van der Waals surface area (Å²) in [5, 5.41) is 8.24. The van der Waals surface area contributed by atoms with Crippen molar-refractivity contribution in [3.63, 3.8) is 0 Å². The Hall–Kier alpha value is -2.21. The van der Waals surface area contributed by atoms with Crippen LogP contribution in [-0.4, -0.2) is 23.7 Å². The number of rotatable bonds is 5. The van der Waals surface area contributed by atoms with E-state index in [2.05, 4.69) is 21.1 Å². The van der Waals surface area contributed by atoms with Gasteiger partial charge in [0.05, 0.1) is 12.1 Å². The van der Waals surface area contributed by atoms with Crippen molar-refractivity contribution in [2.45, 2.75) is 19.8 Å². The lowest BCUT2D eigenvalue weighted by Crippen LogP contribution is -2.25. The fourth-order valence-corrected chi connectivity index (χ4v) is 2.10. The van der Waals surface area contributed by atoms with Gasteiger partial charge in [0.2, 0.25) is 11.8 Å². The minimum absolute atomic E-state index is 0.167. The summed E-state index contributed by atoms with van der Waals surface area (Å²) in [5.41, 5.74) is 6.22. The first-order chi connectivity index (χ1) is 10.1. The van der Waals surface area contributed by atoms with E-state index in [1.54, 1.807) is 19.1 Å². The van der Waals surface area contributed by atoms with Gasteiger partial charge in [-0.25, -0.2) is 10.9 Å². The van der Waals surface area contributed by atoms with Gasteiger partial charge in [-0.1, -0.05) is 29.8 Å². The maximum atomic E-state index is 11.7. The molecule has 0 saturated heterocycles. The van der Waals surface area contributed by atoms with Gasteiger partial charge < -0.3 is 0 Å². The molecule has 0 aromatic heterocycles. The van der Waals surface area contributed by atoms with E-state index in [4.69, 9.17) is 11.6 Å². The first-order valence-corrected chi connectivity index (χ1v) is 6.86. The van der Waals surface area contributed by atoms with E-state index in [1.165, 1.54) is 6.21 Å². The summed E-state index contributed by atoms with van der Waals surface area (Å²) in [7, 11) is 0. The third-order valence-corrected chi connectivity index (χ3v) is 3.47. The molecular formula is C14H15ClN4O2. The fraction of sp³-hybridized carbons (Fsp3) is 0.286. The van der Waals surface area contributed by atoms with Crippen LogP contribution in [0.3, 0.4) is 0 Å². The van der Waals surface area contributed by atoms with Crippen molar-refractivity contribution in [1.29, 1.82) is 0 Å². The largest absolute Gasteiger partial charge is 0.273 e. The quantitative estimate of drug-likeness (QED) is 0.641. The molecule has 1 aromatic carbocycles. The van der Waals surface area contributed by atoms with E-state index in [0.717, 1.165) is 5.56 Å². The summed E-state index contributed by atoms with van der Waals surface area (Å²) in [5.74, 6) is -0.756. The molecule has 1 atom stereocenters. The lowest BCUT2D eigenvalue weighted by molar-refractivity contribution is -0.123. The molecule has 1 aliphatic rings. The van der Waals surface area contributed by atoms with E-state index < -0.39 is 0 Å². The molecule has 1 heterocycles. The summed E-state index contributed by atoms with van der Waals surface area (Å²) in [6.45, 7) is 1.76. The second-order valence-corrected chi connectivity index (χ2v) is 5.04. The Morgan fingerprint density at radius 2 is 2.29 bits per heavy atom. The summed E-state index contributed by atoms with van der Waals surface area (Å²) in [4.78, 5) is 23.1. The number of hydrogen-bond acceptors (Lipinski definition) is 4. The second kappa shape index (κ2) is 6.99. The number of hydrogen-bond donors (Lipinski definition) is 2. The Bertz CT molecular complexity index is 613. The molecule has 6 nitrogen and oxygen atoms in total. The minimum atomic E-state index is -0.330. The Kier molecular flexibility index (Phi) is 5.05. The fourth-order valence-electron chi connectivity index (χ4n) is 1.91. The van der Waals surface area contributed by atoms with Gasteiger partial charge >= 0.3 is 0 Å². The summed E-state index contributed by atoms with van der Waals surface area (Å²) >= 11 is 5.96. The maximum absolute atomic E-state index is 11.7. The molecule has 1 aromatic rings. The normalized spacial score (nSPS) is 17.7. The van der Waals surface area contributed by atoms with Crippen molar-refractivity contribution in [3.8, 4) is 0 Å². The van der Waals surface area contributed by atoms with Crippen LogP contribution in [0.25, 0.3) is 0 Å². The SMILES string of the molecule is CC1=NNC(=O)[C@H]1CCC(=O)N/N=C/c1ccccc1Cl. The number of halogens is 1. The topological polar surface area (TPSA) is 82.9 Å². The van der Waals surface area contributed by atoms with Gasteiger partial charge in [-0.3, -0.25) is 9.59 Å². The number of amides is 2. The first-order valence-electron chi connectivity index (χ1n) is 6.48. The van der Waals surface area contributed by atoms with Crippen LogP contribution in [0.15, 0.2) is 34.5 Å². The molecule has 0 aliphatic carbocycles. The zero-order valence-electron chi connectivity index (χ0n) is 11.5. The third kappa shape index (κ3) is 4.13. The first kappa shape index (κ1) is 15.2. The highest BCUT2D eigenvalue weighted by Gasteiger charge is 2.26. The molecular weight excluding hydrogens is 292 g/mol. The lowest BCUT2D eigenvalue weighted by Gasteiger charge is -2.06. The lowest BCUT2D eigenvalue weighted by atomic mass is 9.99. The molecule has 0 saturated carbocycles. The van der Waals surface area contributed by atoms with Gasteiger partial charge in [0, 0.05) is 22.7 Å². The van der Waals surface area contributed by atoms with Crippen LogP contribution in [0.4, 0.5) is 0 Å². The standard InChI is InChI=1S/C14H15ClN4O2/c1-9-11(14(21)19-17-9)6-7-13(20)18-16-8-10-4-2-3-5-12(10)15/h2-5,8,11H,6-7H2,1H3,(H,18,20)(H,19,21)/b16-8+/t11-/m0/s1. The van der Waals surface area contributed by atoms with Gasteiger partial charge in [-0.05, 0) is 19.4 Å². The Morgan fingerprint density at radius 3 is 2.95 bits per heavy atom. The zero-order valence-corrected chi connectivity index (χ0v) is 12.2. The number of carbonyl (C=O) groups excluding carboxylic acids is 2. The highest BCUT2D eigenvalue weighted by Crippen LogP contribution is 2.14. The summed E-state index contributed by atoms with van der Waals surface area (Å²) in [6.07, 6.45) is 2.09. The molecule has 2 amide bonds. The van der Waals surface area contributed by atoms with Crippen molar-refractivity contribution < 1.29 is 9.59 Å². The molecule has 0 bridgehead atoms. The maximum Gasteiger partial charge on any atom is 0.248 e. The smallest absolute Gasteiger partial charge is 0.248 e. The van der Waals surface area contributed by atoms with Crippen molar-refractivity contribution in [2.75, 3.05) is 0 Å². The molecule has 110 valence electrons. The van der Waals surface area contributed by atoms with E-state index >= 15 is 0 Å². The number of benzene rings is 1. The molecule has 0 spiro atoms. The predicted molar refractivity (Wildman–Crippen MR) is 81.2 cm³/mol. The average molecular weight is 307 g/mol. The van der Waals surface area contributed by atoms with Crippen molar-refractivity contribution in [2.24, 2.45) is 16.1 Å². The molecule has 2 N–H and O–H groups in total. The van der Waals surface area contributed by atoms with Crippen molar-refractivity contribution in [1.82, 2.24) is 10.9 Å². The Balaban J connectivity index is 1.79. The Labute approximate surface area is 127 Å². The van der Waals surface area contributed by atoms with Gasteiger partial charge in [0.15, 0.2) is 0 Å². The molecule has 21 heavy (non-hydrogen) atoms. The van der Waals surface area contributed by atoms with E-state index in [-0.39, 0.29) is 24.2 Å². The Morgan fingerprint density at radius 1 is 1.52 bits per heavy atom. The van der Waals surface area contributed by atoms with Crippen LogP contribution in [0, 0.1) is 5.92 Å². The van der Waals surface area contributed by atoms with Crippen molar-refractivity contribution in [3.05, 3.63) is 34.9 Å². The molecule has 7 heteroatoms. The molecule has 0 unspecified atom stereocenters. The molecule has 0 fully saturated rings. The van der Waals surface area contributed by atoms with Crippen LogP contribution in [0.5, 0.6) is 0 Å². The van der Waals surface area contributed by atoms with Crippen molar-refractivity contribution >= 4 is 35.3 Å². The highest BCUT2D eigenvalue weighted by atomic mass is 35.5. The molecule has 2 rings (SSSR count).